The number of fused-ring (bicyclic) bond motifs is 1. The van der Waals surface area contributed by atoms with Gasteiger partial charge in [-0.25, -0.2) is 4.79 Å². The zero-order valence-electron chi connectivity index (χ0n) is 15.7. The molecule has 2 amide bonds. The maximum atomic E-state index is 12.8. The fourth-order valence-electron chi connectivity index (χ4n) is 3.00. The highest BCUT2D eigenvalue weighted by Gasteiger charge is 2.43. The summed E-state index contributed by atoms with van der Waals surface area (Å²) in [4.78, 5) is 49.1. The van der Waals surface area contributed by atoms with Crippen LogP contribution in [-0.4, -0.2) is 34.9 Å². The van der Waals surface area contributed by atoms with E-state index in [1.165, 1.54) is 11.0 Å². The van der Waals surface area contributed by atoms with E-state index in [2.05, 4.69) is 5.32 Å². The molecule has 0 fully saturated rings. The van der Waals surface area contributed by atoms with E-state index < -0.39 is 28.9 Å². The van der Waals surface area contributed by atoms with Crippen LogP contribution in [0, 0.1) is 10.1 Å². The number of nitrogens with two attached hydrogens (primary N) is 1. The van der Waals surface area contributed by atoms with Crippen molar-refractivity contribution in [3.05, 3.63) is 58.1 Å². The van der Waals surface area contributed by atoms with Gasteiger partial charge in [0, 0.05) is 17.8 Å². The van der Waals surface area contributed by atoms with Crippen molar-refractivity contribution in [1.29, 1.82) is 0 Å². The van der Waals surface area contributed by atoms with Crippen LogP contribution in [0.25, 0.3) is 0 Å². The molecule has 10 heteroatoms. The molecule has 150 valence electrons. The van der Waals surface area contributed by atoms with Crippen LogP contribution in [0.4, 0.5) is 22.7 Å². The molecule has 0 unspecified atom stereocenters. The molecule has 3 rings (SSSR count). The van der Waals surface area contributed by atoms with E-state index in [-0.39, 0.29) is 22.8 Å². The van der Waals surface area contributed by atoms with Gasteiger partial charge in [-0.15, -0.1) is 0 Å². The summed E-state index contributed by atoms with van der Waals surface area (Å²) in [6.45, 7) is 2.46. The van der Waals surface area contributed by atoms with Crippen molar-refractivity contribution in [2.24, 2.45) is 0 Å². The topological polar surface area (TPSA) is 145 Å². The largest absolute Gasteiger partial charge is 0.452 e. The molecule has 1 aliphatic heterocycles. The molecule has 29 heavy (non-hydrogen) atoms. The molecule has 0 saturated carbocycles. The molecule has 2 aromatic carbocycles. The van der Waals surface area contributed by atoms with E-state index in [0.29, 0.717) is 11.4 Å². The third kappa shape index (κ3) is 3.59. The molecule has 1 heterocycles. The first-order valence-corrected chi connectivity index (χ1v) is 8.57. The number of nitro benzene ring substituents is 1. The van der Waals surface area contributed by atoms with Gasteiger partial charge in [-0.05, 0) is 32.0 Å². The number of esters is 1. The monoisotopic (exact) mass is 398 g/mol. The molecule has 0 aliphatic carbocycles. The van der Waals surface area contributed by atoms with Crippen molar-refractivity contribution >= 4 is 40.5 Å². The van der Waals surface area contributed by atoms with E-state index in [1.54, 1.807) is 38.1 Å². The Bertz CT molecular complexity index is 1030. The average molecular weight is 398 g/mol. The number of anilines is 3. The highest BCUT2D eigenvalue weighted by atomic mass is 16.6. The van der Waals surface area contributed by atoms with Gasteiger partial charge >= 0.3 is 5.97 Å². The van der Waals surface area contributed by atoms with Gasteiger partial charge in [0.25, 0.3) is 11.6 Å². The molecule has 2 aromatic rings. The molecular formula is C19H18N4O6. The Morgan fingerprint density at radius 3 is 2.62 bits per heavy atom. The Balaban J connectivity index is 1.82. The van der Waals surface area contributed by atoms with Crippen LogP contribution in [0.3, 0.4) is 0 Å². The molecule has 0 spiro atoms. The van der Waals surface area contributed by atoms with Crippen molar-refractivity contribution in [3.63, 3.8) is 0 Å². The van der Waals surface area contributed by atoms with Gasteiger partial charge in [0.15, 0.2) is 6.61 Å². The Morgan fingerprint density at radius 1 is 1.24 bits per heavy atom. The number of ether oxygens (including phenoxy) is 1. The zero-order chi connectivity index (χ0) is 21.3. The lowest BCUT2D eigenvalue weighted by molar-refractivity contribution is -0.384. The molecule has 0 bridgehead atoms. The van der Waals surface area contributed by atoms with Crippen molar-refractivity contribution in [1.82, 2.24) is 0 Å². The first kappa shape index (κ1) is 19.8. The third-order valence-corrected chi connectivity index (χ3v) is 4.55. The van der Waals surface area contributed by atoms with Gasteiger partial charge in [-0.2, -0.15) is 0 Å². The lowest BCUT2D eigenvalue weighted by Crippen LogP contribution is -2.59. The number of non-ortho nitro benzene ring substituents is 1. The van der Waals surface area contributed by atoms with Crippen molar-refractivity contribution in [3.8, 4) is 0 Å². The van der Waals surface area contributed by atoms with Crippen LogP contribution in [0.1, 0.15) is 24.2 Å². The lowest BCUT2D eigenvalue weighted by Gasteiger charge is -2.41. The van der Waals surface area contributed by atoms with Crippen LogP contribution in [0.15, 0.2) is 42.5 Å². The highest BCUT2D eigenvalue weighted by Crippen LogP contribution is 2.36. The SMILES string of the molecule is CC1(C)C(=O)Nc2ccccc2N1C(=O)COC(=O)c1cc([N+](=O)[O-])ccc1N. The van der Waals surface area contributed by atoms with Gasteiger partial charge in [0.2, 0.25) is 5.91 Å². The summed E-state index contributed by atoms with van der Waals surface area (Å²) >= 11 is 0. The van der Waals surface area contributed by atoms with Gasteiger partial charge < -0.3 is 15.8 Å². The number of rotatable bonds is 4. The number of nitrogens with zero attached hydrogens (tertiary/aromatic N) is 2. The Kier molecular flexibility index (Phi) is 4.93. The minimum atomic E-state index is -1.22. The second-order valence-corrected chi connectivity index (χ2v) is 6.86. The summed E-state index contributed by atoms with van der Waals surface area (Å²) in [5, 5.41) is 13.6. The number of hydrogen-bond donors (Lipinski definition) is 2. The summed E-state index contributed by atoms with van der Waals surface area (Å²) < 4.78 is 5.04. The molecule has 0 aromatic heterocycles. The van der Waals surface area contributed by atoms with Crippen LogP contribution < -0.4 is 16.0 Å². The van der Waals surface area contributed by atoms with Crippen molar-refractivity contribution < 1.29 is 24.0 Å². The summed E-state index contributed by atoms with van der Waals surface area (Å²) in [6.07, 6.45) is 0. The first-order chi connectivity index (χ1) is 13.6. The Labute approximate surface area is 165 Å². The minimum Gasteiger partial charge on any atom is -0.452 e. The van der Waals surface area contributed by atoms with Crippen LogP contribution >= 0.6 is 0 Å². The van der Waals surface area contributed by atoms with Crippen LogP contribution in [0.2, 0.25) is 0 Å². The molecule has 10 nitrogen and oxygen atoms in total. The lowest BCUT2D eigenvalue weighted by atomic mass is 9.96. The van der Waals surface area contributed by atoms with Crippen LogP contribution in [-0.2, 0) is 14.3 Å². The second kappa shape index (κ2) is 7.23. The van der Waals surface area contributed by atoms with Gasteiger partial charge in [-0.3, -0.25) is 24.6 Å². The fraction of sp³-hybridized carbons (Fsp3) is 0.211. The number of benzene rings is 2. The van der Waals surface area contributed by atoms with E-state index in [9.17, 15) is 24.5 Å². The standard InChI is InChI=1S/C19H18N4O6/c1-19(2)18(26)21-14-5-3-4-6-15(14)22(19)16(24)10-29-17(25)12-9-11(23(27)28)7-8-13(12)20/h3-9H,10,20H2,1-2H3,(H,21,26). The predicted molar refractivity (Wildman–Crippen MR) is 104 cm³/mol. The average Bonchev–Trinajstić information content (AvgIpc) is 2.66. The number of amides is 2. The van der Waals surface area contributed by atoms with E-state index in [1.807, 2.05) is 0 Å². The molecule has 0 atom stereocenters. The Hall–Kier alpha value is -3.95. The summed E-state index contributed by atoms with van der Waals surface area (Å²) in [6, 6.07) is 10.1. The molecule has 0 radical (unpaired) electrons. The number of nitrogen functional groups attached to an aromatic ring is 1. The van der Waals surface area contributed by atoms with Gasteiger partial charge in [0.05, 0.1) is 21.9 Å². The number of carbonyl (C=O) groups excluding carboxylic acids is 3. The van der Waals surface area contributed by atoms with Crippen LogP contribution in [0.5, 0.6) is 0 Å². The number of para-hydroxylation sites is 2. The van der Waals surface area contributed by atoms with E-state index in [0.717, 1.165) is 12.1 Å². The number of carbonyl (C=O) groups is 3. The van der Waals surface area contributed by atoms with Gasteiger partial charge in [-0.1, -0.05) is 12.1 Å². The number of hydrogen-bond acceptors (Lipinski definition) is 7. The zero-order valence-corrected chi connectivity index (χ0v) is 15.7. The predicted octanol–water partition coefficient (Wildman–Crippen LogP) is 2.10. The van der Waals surface area contributed by atoms with E-state index >= 15 is 0 Å². The van der Waals surface area contributed by atoms with Gasteiger partial charge in [0.1, 0.15) is 5.54 Å². The normalized spacial score (nSPS) is 14.6. The highest BCUT2D eigenvalue weighted by molar-refractivity contribution is 6.14. The molecule has 3 N–H and O–H groups in total. The first-order valence-electron chi connectivity index (χ1n) is 8.57. The minimum absolute atomic E-state index is 0.0175. The fourth-order valence-corrected chi connectivity index (χ4v) is 3.00. The summed E-state index contributed by atoms with van der Waals surface area (Å²) in [5.41, 5.74) is 4.83. The molecular weight excluding hydrogens is 380 g/mol. The summed E-state index contributed by atoms with van der Waals surface area (Å²) in [7, 11) is 0. The Morgan fingerprint density at radius 2 is 1.93 bits per heavy atom. The van der Waals surface area contributed by atoms with Crippen molar-refractivity contribution in [2.45, 2.75) is 19.4 Å². The smallest absolute Gasteiger partial charge is 0.341 e. The maximum Gasteiger partial charge on any atom is 0.341 e. The van der Waals surface area contributed by atoms with Crippen molar-refractivity contribution in [2.75, 3.05) is 22.6 Å². The number of nitrogens with one attached hydrogen (secondary N) is 1. The second-order valence-electron chi connectivity index (χ2n) is 6.86. The maximum absolute atomic E-state index is 12.8. The molecule has 0 saturated heterocycles. The van der Waals surface area contributed by atoms with E-state index in [4.69, 9.17) is 10.5 Å². The molecule has 1 aliphatic rings. The summed E-state index contributed by atoms with van der Waals surface area (Å²) in [5.74, 6) is -2.00. The third-order valence-electron chi connectivity index (χ3n) is 4.55. The number of nitro groups is 1. The quantitative estimate of drug-likeness (QED) is 0.347.